The smallest absolute Gasteiger partial charge is 0.410 e. The molecule has 1 aliphatic heterocycles. The van der Waals surface area contributed by atoms with Crippen LogP contribution in [0.15, 0.2) is 28.8 Å². The van der Waals surface area contributed by atoms with Gasteiger partial charge >= 0.3 is 12.1 Å². The molecule has 0 unspecified atom stereocenters. The van der Waals surface area contributed by atoms with Gasteiger partial charge < -0.3 is 18.9 Å². The highest BCUT2D eigenvalue weighted by atomic mass is 35.5. The number of carbonyl (C=O) groups is 2. The van der Waals surface area contributed by atoms with E-state index in [1.807, 2.05) is 20.8 Å². The van der Waals surface area contributed by atoms with Gasteiger partial charge in [0.25, 0.3) is 5.89 Å². The van der Waals surface area contributed by atoms with Crippen LogP contribution >= 0.6 is 11.6 Å². The van der Waals surface area contributed by atoms with Crippen LogP contribution in [-0.2, 0) is 20.9 Å². The van der Waals surface area contributed by atoms with Gasteiger partial charge in [0, 0.05) is 23.7 Å². The number of ether oxygens (including phenoxy) is 2. The van der Waals surface area contributed by atoms with Crippen molar-refractivity contribution < 1.29 is 23.6 Å². The Morgan fingerprint density at radius 3 is 2.69 bits per heavy atom. The number of amides is 1. The predicted molar refractivity (Wildman–Crippen MR) is 105 cm³/mol. The number of esters is 1. The van der Waals surface area contributed by atoms with E-state index in [-0.39, 0.29) is 19.0 Å². The summed E-state index contributed by atoms with van der Waals surface area (Å²) in [6, 6.07) is 7.01. The number of piperidine rings is 1. The molecule has 0 radical (unpaired) electrons. The van der Waals surface area contributed by atoms with Crippen molar-refractivity contribution in [2.45, 2.75) is 45.8 Å². The maximum absolute atomic E-state index is 12.4. The summed E-state index contributed by atoms with van der Waals surface area (Å²) in [7, 11) is 0. The average Bonchev–Trinajstić information content (AvgIpc) is 3.14. The highest BCUT2D eigenvalue weighted by Crippen LogP contribution is 2.22. The minimum Gasteiger partial charge on any atom is -0.455 e. The van der Waals surface area contributed by atoms with Gasteiger partial charge in [0.05, 0.1) is 5.92 Å². The molecule has 1 aliphatic rings. The summed E-state index contributed by atoms with van der Waals surface area (Å²) in [5.74, 6) is -0.219. The van der Waals surface area contributed by atoms with Crippen molar-refractivity contribution in [2.75, 3.05) is 13.1 Å². The molecule has 1 aromatic heterocycles. The molecule has 8 nitrogen and oxygen atoms in total. The number of hydrogen-bond acceptors (Lipinski definition) is 7. The molecule has 0 spiro atoms. The summed E-state index contributed by atoms with van der Waals surface area (Å²) in [5, 5.41) is 4.50. The number of aromatic nitrogens is 2. The second kappa shape index (κ2) is 8.82. The van der Waals surface area contributed by atoms with Crippen LogP contribution in [0.2, 0.25) is 5.02 Å². The molecule has 2 heterocycles. The number of nitrogens with zero attached hydrogens (tertiary/aromatic N) is 3. The molecule has 0 aliphatic carbocycles. The molecule has 1 saturated heterocycles. The number of carbonyl (C=O) groups excluding carboxylic acids is 2. The van der Waals surface area contributed by atoms with Gasteiger partial charge in [-0.25, -0.2) is 4.79 Å². The Balaban J connectivity index is 1.53. The van der Waals surface area contributed by atoms with Gasteiger partial charge in [-0.1, -0.05) is 16.8 Å². The van der Waals surface area contributed by atoms with Crippen molar-refractivity contribution >= 4 is 23.7 Å². The lowest BCUT2D eigenvalue weighted by Crippen LogP contribution is -2.45. The fourth-order valence-corrected chi connectivity index (χ4v) is 3.07. The lowest BCUT2D eigenvalue weighted by atomic mass is 9.98. The highest BCUT2D eigenvalue weighted by molar-refractivity contribution is 6.30. The molecular formula is C20H24ClN3O5. The summed E-state index contributed by atoms with van der Waals surface area (Å²) < 4.78 is 15.9. The first-order chi connectivity index (χ1) is 13.7. The number of benzene rings is 1. The van der Waals surface area contributed by atoms with Crippen LogP contribution in [0.25, 0.3) is 11.4 Å². The van der Waals surface area contributed by atoms with Crippen molar-refractivity contribution in [3.05, 3.63) is 35.2 Å². The first-order valence-corrected chi connectivity index (χ1v) is 9.82. The van der Waals surface area contributed by atoms with Gasteiger partial charge in [0.1, 0.15) is 5.60 Å². The molecule has 1 amide bonds. The van der Waals surface area contributed by atoms with E-state index >= 15 is 0 Å². The minimum atomic E-state index is -0.579. The molecule has 1 atom stereocenters. The van der Waals surface area contributed by atoms with E-state index in [9.17, 15) is 9.59 Å². The van der Waals surface area contributed by atoms with Crippen molar-refractivity contribution in [2.24, 2.45) is 5.92 Å². The molecule has 29 heavy (non-hydrogen) atoms. The third-order valence-corrected chi connectivity index (χ3v) is 4.57. The lowest BCUT2D eigenvalue weighted by Gasteiger charge is -2.33. The first-order valence-electron chi connectivity index (χ1n) is 9.44. The number of halogens is 1. The molecule has 3 rings (SSSR count). The highest BCUT2D eigenvalue weighted by Gasteiger charge is 2.32. The second-order valence-corrected chi connectivity index (χ2v) is 8.33. The molecule has 9 heteroatoms. The molecule has 0 bridgehead atoms. The van der Waals surface area contributed by atoms with Gasteiger partial charge in [-0.3, -0.25) is 4.79 Å². The Morgan fingerprint density at radius 2 is 2.00 bits per heavy atom. The van der Waals surface area contributed by atoms with Gasteiger partial charge in [-0.05, 0) is 57.9 Å². The summed E-state index contributed by atoms with van der Waals surface area (Å²) in [6.45, 7) is 6.14. The van der Waals surface area contributed by atoms with Crippen molar-refractivity contribution in [3.63, 3.8) is 0 Å². The number of rotatable bonds is 4. The molecule has 1 aromatic carbocycles. The predicted octanol–water partition coefficient (Wildman–Crippen LogP) is 4.08. The maximum atomic E-state index is 12.4. The molecule has 0 saturated carbocycles. The van der Waals surface area contributed by atoms with E-state index in [2.05, 4.69) is 10.1 Å². The molecule has 2 aromatic rings. The zero-order valence-electron chi connectivity index (χ0n) is 16.7. The van der Waals surface area contributed by atoms with E-state index in [1.165, 1.54) is 0 Å². The van der Waals surface area contributed by atoms with E-state index in [1.54, 1.807) is 29.2 Å². The van der Waals surface area contributed by atoms with E-state index in [0.29, 0.717) is 30.2 Å². The van der Waals surface area contributed by atoms with Gasteiger partial charge in [0.15, 0.2) is 6.61 Å². The lowest BCUT2D eigenvalue weighted by molar-refractivity contribution is -0.152. The molecular weight excluding hydrogens is 398 g/mol. The normalized spacial score (nSPS) is 17.1. The van der Waals surface area contributed by atoms with Crippen LogP contribution in [-0.4, -0.2) is 45.8 Å². The quantitative estimate of drug-likeness (QED) is 0.686. The van der Waals surface area contributed by atoms with E-state index in [0.717, 1.165) is 5.56 Å². The number of likely N-dealkylation sites (tertiary alicyclic amines) is 1. The molecule has 0 N–H and O–H groups in total. The van der Waals surface area contributed by atoms with Crippen molar-refractivity contribution in [1.82, 2.24) is 15.0 Å². The van der Waals surface area contributed by atoms with Gasteiger partial charge in [-0.2, -0.15) is 4.98 Å². The Morgan fingerprint density at radius 1 is 1.28 bits per heavy atom. The number of hydrogen-bond donors (Lipinski definition) is 0. The zero-order chi connectivity index (χ0) is 21.0. The zero-order valence-corrected chi connectivity index (χ0v) is 17.4. The monoisotopic (exact) mass is 421 g/mol. The molecule has 156 valence electrons. The Bertz CT molecular complexity index is 860. The van der Waals surface area contributed by atoms with Crippen LogP contribution in [0.5, 0.6) is 0 Å². The summed E-state index contributed by atoms with van der Waals surface area (Å²) in [5.41, 5.74) is 0.167. The van der Waals surface area contributed by atoms with E-state index < -0.39 is 23.6 Å². The fourth-order valence-electron chi connectivity index (χ4n) is 2.94. The largest absolute Gasteiger partial charge is 0.455 e. The van der Waals surface area contributed by atoms with Crippen LogP contribution in [0.3, 0.4) is 0 Å². The Hall–Kier alpha value is -2.61. The molecule has 1 fully saturated rings. The first kappa shape index (κ1) is 21.1. The maximum Gasteiger partial charge on any atom is 0.410 e. The average molecular weight is 422 g/mol. The fraction of sp³-hybridized carbons (Fsp3) is 0.500. The van der Waals surface area contributed by atoms with Crippen molar-refractivity contribution in [1.29, 1.82) is 0 Å². The Labute approximate surface area is 174 Å². The second-order valence-electron chi connectivity index (χ2n) is 7.89. The van der Waals surface area contributed by atoms with Gasteiger partial charge in [0.2, 0.25) is 5.82 Å². The van der Waals surface area contributed by atoms with Crippen LogP contribution in [0, 0.1) is 5.92 Å². The summed E-state index contributed by atoms with van der Waals surface area (Å²) >= 11 is 5.87. The standard InChI is InChI=1S/C20H24ClN3O5/c1-20(2,3)28-19(26)24-10-4-5-14(11-24)18(25)27-12-16-22-17(23-29-16)13-6-8-15(21)9-7-13/h6-9,14H,4-5,10-12H2,1-3H3/t14-/m1/s1. The summed E-state index contributed by atoms with van der Waals surface area (Å²) in [6.07, 6.45) is 0.942. The third kappa shape index (κ3) is 5.93. The van der Waals surface area contributed by atoms with E-state index in [4.69, 9.17) is 25.6 Å². The van der Waals surface area contributed by atoms with Crippen LogP contribution in [0.4, 0.5) is 4.79 Å². The van der Waals surface area contributed by atoms with Crippen molar-refractivity contribution in [3.8, 4) is 11.4 Å². The SMILES string of the molecule is CC(C)(C)OC(=O)N1CCC[C@@H](C(=O)OCc2nc(-c3ccc(Cl)cc3)no2)C1. The topological polar surface area (TPSA) is 94.8 Å². The third-order valence-electron chi connectivity index (χ3n) is 4.31. The van der Waals surface area contributed by atoms with Gasteiger partial charge in [-0.15, -0.1) is 0 Å². The van der Waals surface area contributed by atoms with Crippen LogP contribution < -0.4 is 0 Å². The minimum absolute atomic E-state index is 0.123. The summed E-state index contributed by atoms with van der Waals surface area (Å²) in [4.78, 5) is 30.4. The van der Waals surface area contributed by atoms with Crippen LogP contribution in [0.1, 0.15) is 39.5 Å². The Kier molecular flexibility index (Phi) is 6.42.